The highest BCUT2D eigenvalue weighted by Crippen LogP contribution is 2.41. The molecule has 1 saturated carbocycles. The van der Waals surface area contributed by atoms with Crippen molar-refractivity contribution in [3.8, 4) is 17.2 Å². The Balaban J connectivity index is 0.00000256. The second-order valence-electron chi connectivity index (χ2n) is 7.86. The lowest BCUT2D eigenvalue weighted by molar-refractivity contribution is 0.0778. The molecule has 30 heavy (non-hydrogen) atoms. The van der Waals surface area contributed by atoms with Crippen LogP contribution < -0.4 is 19.9 Å². The van der Waals surface area contributed by atoms with E-state index in [0.29, 0.717) is 41.3 Å². The molecule has 2 aromatic carbocycles. The van der Waals surface area contributed by atoms with Crippen LogP contribution in [0.2, 0.25) is 0 Å². The molecule has 2 N–H and O–H groups in total. The van der Waals surface area contributed by atoms with Crippen LogP contribution in [0.1, 0.15) is 28.8 Å². The molecule has 1 saturated heterocycles. The van der Waals surface area contributed by atoms with E-state index in [4.69, 9.17) is 19.9 Å². The maximum absolute atomic E-state index is 13.1. The first kappa shape index (κ1) is 22.2. The van der Waals surface area contributed by atoms with E-state index in [1.165, 1.54) is 0 Å². The number of hydrogen-bond acceptors (Lipinski definition) is 5. The van der Waals surface area contributed by atoms with Crippen molar-refractivity contribution < 1.29 is 19.0 Å². The molecule has 7 heteroatoms. The lowest BCUT2D eigenvalue weighted by Crippen LogP contribution is -2.33. The van der Waals surface area contributed by atoms with Gasteiger partial charge in [-0.15, -0.1) is 12.4 Å². The minimum atomic E-state index is -0.0159. The Morgan fingerprint density at radius 1 is 1.07 bits per heavy atom. The van der Waals surface area contributed by atoms with Gasteiger partial charge < -0.3 is 24.8 Å². The molecule has 6 nitrogen and oxygen atoms in total. The molecular weight excluding hydrogens is 404 g/mol. The maximum Gasteiger partial charge on any atom is 0.254 e. The zero-order valence-electron chi connectivity index (χ0n) is 17.4. The summed E-state index contributed by atoms with van der Waals surface area (Å²) in [6.07, 6.45) is 2.17. The van der Waals surface area contributed by atoms with E-state index in [1.54, 1.807) is 26.4 Å². The third-order valence-electron chi connectivity index (χ3n) is 6.13. The molecule has 1 aliphatic carbocycles. The van der Waals surface area contributed by atoms with Crippen molar-refractivity contribution in [1.82, 2.24) is 4.90 Å². The highest BCUT2D eigenvalue weighted by atomic mass is 35.5. The first-order chi connectivity index (χ1) is 14.1. The first-order valence-electron chi connectivity index (χ1n) is 10.1. The number of nitrogens with zero attached hydrogens (tertiary/aromatic N) is 1. The molecule has 0 aromatic heterocycles. The van der Waals surface area contributed by atoms with Gasteiger partial charge in [0.1, 0.15) is 6.61 Å². The molecule has 0 radical (unpaired) electrons. The van der Waals surface area contributed by atoms with Crippen LogP contribution in [0.25, 0.3) is 0 Å². The first-order valence-corrected chi connectivity index (χ1v) is 10.1. The van der Waals surface area contributed by atoms with Crippen LogP contribution in [0.3, 0.4) is 0 Å². The van der Waals surface area contributed by atoms with Gasteiger partial charge >= 0.3 is 0 Å². The third kappa shape index (κ3) is 4.35. The van der Waals surface area contributed by atoms with E-state index < -0.39 is 0 Å². The molecule has 3 atom stereocenters. The monoisotopic (exact) mass is 432 g/mol. The molecular formula is C23H29ClN2O4. The Morgan fingerprint density at radius 3 is 2.33 bits per heavy atom. The molecule has 162 valence electrons. The number of halogens is 1. The third-order valence-corrected chi connectivity index (χ3v) is 6.13. The highest BCUT2D eigenvalue weighted by Gasteiger charge is 2.42. The molecule has 2 fully saturated rings. The number of nitrogens with two attached hydrogens (primary N) is 1. The topological polar surface area (TPSA) is 74.0 Å². The van der Waals surface area contributed by atoms with E-state index in [2.05, 4.69) is 0 Å². The van der Waals surface area contributed by atoms with Crippen LogP contribution in [-0.4, -0.2) is 44.2 Å². The number of carbonyl (C=O) groups is 1. The van der Waals surface area contributed by atoms with Gasteiger partial charge in [0.2, 0.25) is 5.75 Å². The second kappa shape index (κ2) is 9.58. The van der Waals surface area contributed by atoms with Gasteiger partial charge in [0.05, 0.1) is 14.2 Å². The van der Waals surface area contributed by atoms with E-state index >= 15 is 0 Å². The Labute approximate surface area is 183 Å². The van der Waals surface area contributed by atoms with Gasteiger partial charge in [-0.2, -0.15) is 0 Å². The van der Waals surface area contributed by atoms with E-state index in [0.717, 1.165) is 31.5 Å². The summed E-state index contributed by atoms with van der Waals surface area (Å²) in [7, 11) is 3.13. The quantitative estimate of drug-likeness (QED) is 0.756. The fourth-order valence-corrected chi connectivity index (χ4v) is 4.53. The summed E-state index contributed by atoms with van der Waals surface area (Å²) in [4.78, 5) is 15.1. The summed E-state index contributed by atoms with van der Waals surface area (Å²) < 4.78 is 17.0. The zero-order valence-corrected chi connectivity index (χ0v) is 18.2. The zero-order chi connectivity index (χ0) is 20.4. The lowest BCUT2D eigenvalue weighted by Gasteiger charge is -2.21. The minimum absolute atomic E-state index is 0. The number of methoxy groups -OCH3 is 2. The van der Waals surface area contributed by atoms with Crippen LogP contribution in [0.5, 0.6) is 17.2 Å². The van der Waals surface area contributed by atoms with Gasteiger partial charge in [0.15, 0.2) is 11.5 Å². The molecule has 4 rings (SSSR count). The van der Waals surface area contributed by atoms with E-state index in [1.807, 2.05) is 35.2 Å². The van der Waals surface area contributed by atoms with Crippen LogP contribution in [-0.2, 0) is 6.61 Å². The molecule has 2 aromatic rings. The number of carbonyl (C=O) groups excluding carboxylic acids is 1. The second-order valence-corrected chi connectivity index (χ2v) is 7.86. The van der Waals surface area contributed by atoms with E-state index in [-0.39, 0.29) is 24.4 Å². The largest absolute Gasteiger partial charge is 0.493 e. The average Bonchev–Trinajstić information content (AvgIpc) is 3.33. The fraction of sp³-hybridized carbons (Fsp3) is 0.435. The number of hydrogen-bond donors (Lipinski definition) is 1. The number of amides is 1. The van der Waals surface area contributed by atoms with Gasteiger partial charge in [0, 0.05) is 24.7 Å². The Hall–Kier alpha value is -2.44. The van der Waals surface area contributed by atoms with E-state index in [9.17, 15) is 4.79 Å². The average molecular weight is 433 g/mol. The van der Waals surface area contributed by atoms with Gasteiger partial charge in [-0.3, -0.25) is 4.79 Å². The number of fused-ring (bicyclic) bond motifs is 1. The van der Waals surface area contributed by atoms with Crippen molar-refractivity contribution in [3.05, 3.63) is 53.6 Å². The normalized spacial score (nSPS) is 22.2. The summed E-state index contributed by atoms with van der Waals surface area (Å²) in [6.45, 7) is 1.88. The Kier molecular flexibility index (Phi) is 7.10. The molecule has 1 amide bonds. The number of benzene rings is 2. The smallest absolute Gasteiger partial charge is 0.254 e. The van der Waals surface area contributed by atoms with Crippen LogP contribution in [0, 0.1) is 11.8 Å². The van der Waals surface area contributed by atoms with Gasteiger partial charge in [-0.25, -0.2) is 0 Å². The number of likely N-dealkylation sites (tertiary alicyclic amines) is 1. The molecule has 1 heterocycles. The lowest BCUT2D eigenvalue weighted by atomic mass is 9.98. The summed E-state index contributed by atoms with van der Waals surface area (Å²) >= 11 is 0. The molecule has 3 unspecified atom stereocenters. The predicted octanol–water partition coefficient (Wildman–Crippen LogP) is 3.51. The maximum atomic E-state index is 13.1. The molecule has 0 bridgehead atoms. The fourth-order valence-electron chi connectivity index (χ4n) is 4.53. The van der Waals surface area contributed by atoms with Gasteiger partial charge in [-0.1, -0.05) is 30.3 Å². The van der Waals surface area contributed by atoms with Crippen LogP contribution in [0.15, 0.2) is 42.5 Å². The van der Waals surface area contributed by atoms with Crippen molar-refractivity contribution in [2.45, 2.75) is 25.5 Å². The summed E-state index contributed by atoms with van der Waals surface area (Å²) in [6, 6.07) is 13.6. The van der Waals surface area contributed by atoms with Crippen molar-refractivity contribution in [3.63, 3.8) is 0 Å². The van der Waals surface area contributed by atoms with Crippen molar-refractivity contribution in [2.75, 3.05) is 27.3 Å². The van der Waals surface area contributed by atoms with Crippen molar-refractivity contribution in [1.29, 1.82) is 0 Å². The van der Waals surface area contributed by atoms with Crippen LogP contribution in [0.4, 0.5) is 0 Å². The molecule has 0 spiro atoms. The van der Waals surface area contributed by atoms with Gasteiger partial charge in [-0.05, 0) is 42.4 Å². The number of ether oxygens (including phenoxy) is 3. The number of rotatable bonds is 6. The predicted molar refractivity (Wildman–Crippen MR) is 118 cm³/mol. The Bertz CT molecular complexity index is 852. The highest BCUT2D eigenvalue weighted by molar-refractivity contribution is 5.96. The van der Waals surface area contributed by atoms with Crippen molar-refractivity contribution >= 4 is 18.3 Å². The summed E-state index contributed by atoms with van der Waals surface area (Å²) in [5.41, 5.74) is 7.80. The van der Waals surface area contributed by atoms with Gasteiger partial charge in [0.25, 0.3) is 5.91 Å². The Morgan fingerprint density at radius 2 is 1.73 bits per heavy atom. The minimum Gasteiger partial charge on any atom is -0.493 e. The SMILES string of the molecule is COc1cc(C(=O)N2CC3CCC(N)C3C2)cc(OC)c1OCc1ccccc1.Cl. The molecule has 1 aliphatic heterocycles. The summed E-state index contributed by atoms with van der Waals surface area (Å²) in [5, 5.41) is 0. The van der Waals surface area contributed by atoms with Crippen molar-refractivity contribution in [2.24, 2.45) is 17.6 Å². The summed E-state index contributed by atoms with van der Waals surface area (Å²) in [5.74, 6) is 2.38. The van der Waals surface area contributed by atoms with Crippen LogP contribution >= 0.6 is 12.4 Å². The molecule has 2 aliphatic rings. The standard InChI is InChI=1S/C23H28N2O4.ClH/c1-27-20-10-17(23(26)25-12-16-8-9-19(24)18(16)13-25)11-21(28-2)22(20)29-14-15-6-4-3-5-7-15;/h3-7,10-11,16,18-19H,8-9,12-14,24H2,1-2H3;1H.